The van der Waals surface area contributed by atoms with Crippen LogP contribution in [0.3, 0.4) is 0 Å². The first kappa shape index (κ1) is 15.9. The molecular weight excluding hydrogens is 330 g/mol. The molecular formula is C17H20BrNO2. The monoisotopic (exact) mass is 349 g/mol. The third-order valence-corrected chi connectivity index (χ3v) is 3.66. The van der Waals surface area contributed by atoms with Gasteiger partial charge in [0.05, 0.1) is 0 Å². The molecule has 0 fully saturated rings. The molecule has 2 aromatic carbocycles. The highest BCUT2D eigenvalue weighted by atomic mass is 79.9. The van der Waals surface area contributed by atoms with Gasteiger partial charge in [-0.2, -0.15) is 0 Å². The van der Waals surface area contributed by atoms with Crippen LogP contribution in [-0.2, 0) is 0 Å². The number of benzene rings is 2. The van der Waals surface area contributed by atoms with Gasteiger partial charge in [0.15, 0.2) is 0 Å². The third-order valence-electron chi connectivity index (χ3n) is 3.16. The zero-order valence-corrected chi connectivity index (χ0v) is 13.7. The van der Waals surface area contributed by atoms with Crippen LogP contribution in [0, 0.1) is 0 Å². The lowest BCUT2D eigenvalue weighted by molar-refractivity contribution is 0.217. The number of nitrogens with two attached hydrogens (primary N) is 1. The van der Waals surface area contributed by atoms with Crippen molar-refractivity contribution in [2.75, 3.05) is 13.2 Å². The van der Waals surface area contributed by atoms with Crippen molar-refractivity contribution < 1.29 is 9.47 Å². The predicted octanol–water partition coefficient (Wildman–Crippen LogP) is 4.32. The van der Waals surface area contributed by atoms with Gasteiger partial charge < -0.3 is 15.2 Å². The molecule has 21 heavy (non-hydrogen) atoms. The fraction of sp³-hybridized carbons (Fsp3) is 0.294. The maximum absolute atomic E-state index is 5.98. The van der Waals surface area contributed by atoms with Gasteiger partial charge in [-0.05, 0) is 42.3 Å². The van der Waals surface area contributed by atoms with Crippen LogP contribution in [0.4, 0.5) is 0 Å². The minimum Gasteiger partial charge on any atom is -0.490 e. The van der Waals surface area contributed by atoms with Crippen LogP contribution in [0.1, 0.15) is 24.9 Å². The van der Waals surface area contributed by atoms with E-state index in [0.29, 0.717) is 13.2 Å². The summed E-state index contributed by atoms with van der Waals surface area (Å²) in [4.78, 5) is 0. The molecule has 0 aliphatic heterocycles. The highest BCUT2D eigenvalue weighted by Gasteiger charge is 2.03. The quantitative estimate of drug-likeness (QED) is 0.757. The Bertz CT molecular complexity index is 557. The second-order valence-corrected chi connectivity index (χ2v) is 5.65. The summed E-state index contributed by atoms with van der Waals surface area (Å²) >= 11 is 3.41. The van der Waals surface area contributed by atoms with Gasteiger partial charge in [0.1, 0.15) is 24.7 Å². The van der Waals surface area contributed by atoms with Crippen LogP contribution in [0.25, 0.3) is 0 Å². The minimum absolute atomic E-state index is 0.0962. The summed E-state index contributed by atoms with van der Waals surface area (Å²) in [5.41, 5.74) is 7.11. The van der Waals surface area contributed by atoms with Crippen molar-refractivity contribution in [3.05, 3.63) is 58.6 Å². The molecule has 112 valence electrons. The maximum Gasteiger partial charge on any atom is 0.122 e. The van der Waals surface area contributed by atoms with E-state index in [4.69, 9.17) is 15.2 Å². The van der Waals surface area contributed by atoms with E-state index in [2.05, 4.69) is 22.9 Å². The standard InChI is InChI=1S/C17H20BrNO2/c1-2-17(19)13-6-8-15(9-7-13)20-10-11-21-16-5-3-4-14(18)12-16/h3-9,12,17H,2,10-11,19H2,1H3/t17-/m0/s1. The van der Waals surface area contributed by atoms with Crippen LogP contribution in [-0.4, -0.2) is 13.2 Å². The molecule has 3 nitrogen and oxygen atoms in total. The summed E-state index contributed by atoms with van der Waals surface area (Å²) in [6.45, 7) is 3.09. The van der Waals surface area contributed by atoms with Gasteiger partial charge in [-0.1, -0.05) is 41.1 Å². The first-order chi connectivity index (χ1) is 10.2. The van der Waals surface area contributed by atoms with Gasteiger partial charge >= 0.3 is 0 Å². The first-order valence-corrected chi connectivity index (χ1v) is 7.85. The zero-order valence-electron chi connectivity index (χ0n) is 12.1. The SMILES string of the molecule is CC[C@H](N)c1ccc(OCCOc2cccc(Br)c2)cc1. The smallest absolute Gasteiger partial charge is 0.122 e. The van der Waals surface area contributed by atoms with E-state index in [9.17, 15) is 0 Å². The molecule has 0 bridgehead atoms. The van der Waals surface area contributed by atoms with Gasteiger partial charge in [0.2, 0.25) is 0 Å². The number of ether oxygens (including phenoxy) is 2. The Labute approximate surface area is 134 Å². The second-order valence-electron chi connectivity index (χ2n) is 4.74. The minimum atomic E-state index is 0.0962. The van der Waals surface area contributed by atoms with E-state index < -0.39 is 0 Å². The largest absolute Gasteiger partial charge is 0.490 e. The fourth-order valence-electron chi connectivity index (χ4n) is 1.92. The van der Waals surface area contributed by atoms with E-state index in [1.807, 2.05) is 48.5 Å². The van der Waals surface area contributed by atoms with E-state index >= 15 is 0 Å². The number of hydrogen-bond acceptors (Lipinski definition) is 3. The lowest BCUT2D eigenvalue weighted by Gasteiger charge is -2.11. The molecule has 0 aliphatic rings. The van der Waals surface area contributed by atoms with Crippen molar-refractivity contribution in [2.24, 2.45) is 5.73 Å². The summed E-state index contributed by atoms with van der Waals surface area (Å²) in [6, 6.07) is 15.8. The number of hydrogen-bond donors (Lipinski definition) is 1. The molecule has 0 heterocycles. The van der Waals surface area contributed by atoms with Gasteiger partial charge in [0.25, 0.3) is 0 Å². The van der Waals surface area contributed by atoms with Gasteiger partial charge in [-0.25, -0.2) is 0 Å². The van der Waals surface area contributed by atoms with Crippen molar-refractivity contribution in [1.29, 1.82) is 0 Å². The van der Waals surface area contributed by atoms with Crippen molar-refractivity contribution >= 4 is 15.9 Å². The van der Waals surface area contributed by atoms with Crippen LogP contribution < -0.4 is 15.2 Å². The topological polar surface area (TPSA) is 44.5 Å². The molecule has 2 N–H and O–H groups in total. The molecule has 0 spiro atoms. The Morgan fingerprint density at radius 1 is 1.00 bits per heavy atom. The highest BCUT2D eigenvalue weighted by Crippen LogP contribution is 2.19. The summed E-state index contributed by atoms with van der Waals surface area (Å²) in [6.07, 6.45) is 0.931. The molecule has 0 radical (unpaired) electrons. The summed E-state index contributed by atoms with van der Waals surface area (Å²) in [5.74, 6) is 1.66. The maximum atomic E-state index is 5.98. The Hall–Kier alpha value is -1.52. The Morgan fingerprint density at radius 2 is 1.67 bits per heavy atom. The van der Waals surface area contributed by atoms with Crippen molar-refractivity contribution in [3.63, 3.8) is 0 Å². The molecule has 0 aromatic heterocycles. The molecule has 0 saturated carbocycles. The van der Waals surface area contributed by atoms with Gasteiger partial charge in [-0.3, -0.25) is 0 Å². The summed E-state index contributed by atoms with van der Waals surface area (Å²) < 4.78 is 12.3. The molecule has 0 aliphatic carbocycles. The van der Waals surface area contributed by atoms with E-state index in [1.165, 1.54) is 0 Å². The summed E-state index contributed by atoms with van der Waals surface area (Å²) in [7, 11) is 0. The van der Waals surface area contributed by atoms with E-state index in [0.717, 1.165) is 28.0 Å². The van der Waals surface area contributed by atoms with Crippen molar-refractivity contribution in [2.45, 2.75) is 19.4 Å². The molecule has 1 atom stereocenters. The zero-order chi connectivity index (χ0) is 15.1. The average molecular weight is 350 g/mol. The Morgan fingerprint density at radius 3 is 2.29 bits per heavy atom. The highest BCUT2D eigenvalue weighted by molar-refractivity contribution is 9.10. The van der Waals surface area contributed by atoms with E-state index in [1.54, 1.807) is 0 Å². The molecule has 4 heteroatoms. The van der Waals surface area contributed by atoms with Crippen LogP contribution in [0.2, 0.25) is 0 Å². The normalized spacial score (nSPS) is 12.0. The lowest BCUT2D eigenvalue weighted by atomic mass is 10.1. The van der Waals surface area contributed by atoms with Crippen LogP contribution >= 0.6 is 15.9 Å². The van der Waals surface area contributed by atoms with Crippen LogP contribution in [0.15, 0.2) is 53.0 Å². The Balaban J connectivity index is 1.76. The van der Waals surface area contributed by atoms with E-state index in [-0.39, 0.29) is 6.04 Å². The second kappa shape index (κ2) is 8.05. The Kier molecular flexibility index (Phi) is 6.08. The average Bonchev–Trinajstić information content (AvgIpc) is 2.51. The molecule has 0 amide bonds. The number of halogens is 1. The molecule has 0 saturated heterocycles. The fourth-order valence-corrected chi connectivity index (χ4v) is 2.30. The molecule has 2 rings (SSSR count). The molecule has 2 aromatic rings. The van der Waals surface area contributed by atoms with Crippen molar-refractivity contribution in [3.8, 4) is 11.5 Å². The van der Waals surface area contributed by atoms with Gasteiger partial charge in [-0.15, -0.1) is 0 Å². The van der Waals surface area contributed by atoms with Gasteiger partial charge in [0, 0.05) is 10.5 Å². The third kappa shape index (κ3) is 5.06. The molecule has 0 unspecified atom stereocenters. The first-order valence-electron chi connectivity index (χ1n) is 7.05. The lowest BCUT2D eigenvalue weighted by Crippen LogP contribution is -2.10. The van der Waals surface area contributed by atoms with Crippen molar-refractivity contribution in [1.82, 2.24) is 0 Å². The summed E-state index contributed by atoms with van der Waals surface area (Å²) in [5, 5.41) is 0. The predicted molar refractivity (Wildman–Crippen MR) is 88.8 cm³/mol. The van der Waals surface area contributed by atoms with Crippen LogP contribution in [0.5, 0.6) is 11.5 Å². The number of rotatable bonds is 7.